The maximum Gasteiger partial charge on any atom is 0.416 e. The summed E-state index contributed by atoms with van der Waals surface area (Å²) in [6.45, 7) is 0.220. The zero-order valence-electron chi connectivity index (χ0n) is 14.8. The summed E-state index contributed by atoms with van der Waals surface area (Å²) < 4.78 is 52.6. The van der Waals surface area contributed by atoms with Gasteiger partial charge in [-0.3, -0.25) is 9.48 Å². The van der Waals surface area contributed by atoms with Gasteiger partial charge in [0.05, 0.1) is 35.1 Å². The first-order chi connectivity index (χ1) is 13.8. The molecule has 2 aromatic heterocycles. The van der Waals surface area contributed by atoms with E-state index in [-0.39, 0.29) is 17.9 Å². The highest BCUT2D eigenvalue weighted by Gasteiger charge is 2.29. The molecule has 4 aromatic rings. The Kier molecular flexibility index (Phi) is 4.57. The van der Waals surface area contributed by atoms with E-state index in [1.54, 1.807) is 12.3 Å². The molecular formula is C20H14F4N4O. The van der Waals surface area contributed by atoms with Gasteiger partial charge in [-0.2, -0.15) is 18.3 Å². The third-order valence-electron chi connectivity index (χ3n) is 4.41. The third-order valence-corrected chi connectivity index (χ3v) is 4.41. The van der Waals surface area contributed by atoms with E-state index in [2.05, 4.69) is 15.4 Å². The highest BCUT2D eigenvalue weighted by atomic mass is 19.4. The Balaban J connectivity index is 1.46. The lowest BCUT2D eigenvalue weighted by Gasteiger charge is -2.07. The van der Waals surface area contributed by atoms with E-state index in [9.17, 15) is 22.4 Å². The van der Waals surface area contributed by atoms with Crippen LogP contribution in [-0.4, -0.2) is 20.7 Å². The summed E-state index contributed by atoms with van der Waals surface area (Å²) in [5.74, 6) is -0.796. The molecule has 9 heteroatoms. The van der Waals surface area contributed by atoms with E-state index >= 15 is 0 Å². The van der Waals surface area contributed by atoms with Gasteiger partial charge in [0.15, 0.2) is 0 Å². The summed E-state index contributed by atoms with van der Waals surface area (Å²) in [6, 6.07) is 8.94. The quantitative estimate of drug-likeness (QED) is 0.481. The molecule has 0 fully saturated rings. The van der Waals surface area contributed by atoms with E-state index < -0.39 is 17.6 Å². The van der Waals surface area contributed by atoms with Crippen LogP contribution in [0.5, 0.6) is 0 Å². The molecule has 0 unspecified atom stereocenters. The van der Waals surface area contributed by atoms with Gasteiger partial charge in [0, 0.05) is 17.8 Å². The largest absolute Gasteiger partial charge is 0.416 e. The third kappa shape index (κ3) is 3.98. The fourth-order valence-electron chi connectivity index (χ4n) is 2.95. The SMILES string of the molecule is O=C(Nc1c[nH]c2cc(F)ccc12)c1cnn(Cc2ccc(C(F)(F)F)cc2)c1. The molecule has 2 heterocycles. The minimum absolute atomic E-state index is 0.220. The molecule has 2 N–H and O–H groups in total. The minimum Gasteiger partial charge on any atom is -0.359 e. The van der Waals surface area contributed by atoms with Crippen molar-refractivity contribution in [2.75, 3.05) is 5.32 Å². The number of halogens is 4. The molecule has 2 aromatic carbocycles. The van der Waals surface area contributed by atoms with Gasteiger partial charge < -0.3 is 10.3 Å². The van der Waals surface area contributed by atoms with Gasteiger partial charge in [-0.25, -0.2) is 4.39 Å². The topological polar surface area (TPSA) is 62.7 Å². The predicted octanol–water partition coefficient (Wildman–Crippen LogP) is 4.82. The molecule has 148 valence electrons. The maximum atomic E-state index is 13.3. The fourth-order valence-corrected chi connectivity index (χ4v) is 2.95. The van der Waals surface area contributed by atoms with Gasteiger partial charge in [0.1, 0.15) is 5.82 Å². The van der Waals surface area contributed by atoms with Crippen molar-refractivity contribution < 1.29 is 22.4 Å². The molecule has 5 nitrogen and oxygen atoms in total. The van der Waals surface area contributed by atoms with Crippen molar-refractivity contribution in [3.63, 3.8) is 0 Å². The van der Waals surface area contributed by atoms with Crippen LogP contribution in [0.3, 0.4) is 0 Å². The van der Waals surface area contributed by atoms with Crippen LogP contribution in [0.15, 0.2) is 61.1 Å². The van der Waals surface area contributed by atoms with Crippen molar-refractivity contribution >= 4 is 22.5 Å². The van der Waals surface area contributed by atoms with Crippen molar-refractivity contribution in [1.82, 2.24) is 14.8 Å². The van der Waals surface area contributed by atoms with E-state index in [0.29, 0.717) is 22.2 Å². The first-order valence-corrected chi connectivity index (χ1v) is 8.56. The Morgan fingerprint density at radius 3 is 2.62 bits per heavy atom. The maximum absolute atomic E-state index is 13.3. The average Bonchev–Trinajstić information content (AvgIpc) is 3.28. The first kappa shape index (κ1) is 18.7. The molecule has 0 spiro atoms. The van der Waals surface area contributed by atoms with Crippen LogP contribution in [0.4, 0.5) is 23.2 Å². The number of aromatic nitrogens is 3. The Morgan fingerprint density at radius 2 is 1.90 bits per heavy atom. The Morgan fingerprint density at radius 1 is 1.14 bits per heavy atom. The monoisotopic (exact) mass is 402 g/mol. The van der Waals surface area contributed by atoms with E-state index in [1.807, 2.05) is 0 Å². The number of anilines is 1. The van der Waals surface area contributed by atoms with Crippen LogP contribution in [-0.2, 0) is 12.7 Å². The van der Waals surface area contributed by atoms with Crippen LogP contribution in [0.2, 0.25) is 0 Å². The molecule has 0 aliphatic carbocycles. The van der Waals surface area contributed by atoms with Crippen LogP contribution in [0.1, 0.15) is 21.5 Å². The molecule has 0 saturated heterocycles. The Labute approximate surface area is 162 Å². The number of aromatic amines is 1. The fraction of sp³-hybridized carbons (Fsp3) is 0.100. The van der Waals surface area contributed by atoms with Gasteiger partial charge in [-0.1, -0.05) is 12.1 Å². The van der Waals surface area contributed by atoms with Crippen molar-refractivity contribution in [3.05, 3.63) is 83.6 Å². The Hall–Kier alpha value is -3.62. The zero-order chi connectivity index (χ0) is 20.6. The number of rotatable bonds is 4. The van der Waals surface area contributed by atoms with Gasteiger partial charge in [0.2, 0.25) is 0 Å². The first-order valence-electron chi connectivity index (χ1n) is 8.56. The molecule has 0 saturated carbocycles. The van der Waals surface area contributed by atoms with Gasteiger partial charge >= 0.3 is 6.18 Å². The van der Waals surface area contributed by atoms with Crippen LogP contribution in [0.25, 0.3) is 10.9 Å². The summed E-state index contributed by atoms with van der Waals surface area (Å²) in [4.78, 5) is 15.3. The van der Waals surface area contributed by atoms with Crippen molar-refractivity contribution in [3.8, 4) is 0 Å². The van der Waals surface area contributed by atoms with E-state index in [0.717, 1.165) is 12.1 Å². The lowest BCUT2D eigenvalue weighted by Crippen LogP contribution is -2.11. The summed E-state index contributed by atoms with van der Waals surface area (Å²) in [5, 5.41) is 7.48. The smallest absolute Gasteiger partial charge is 0.359 e. The normalized spacial score (nSPS) is 11.7. The number of hydrogen-bond donors (Lipinski definition) is 2. The molecule has 1 amide bonds. The number of carbonyl (C=O) groups excluding carboxylic acids is 1. The van der Waals surface area contributed by atoms with Gasteiger partial charge in [-0.05, 0) is 35.9 Å². The highest BCUT2D eigenvalue weighted by Crippen LogP contribution is 2.29. The van der Waals surface area contributed by atoms with E-state index in [1.165, 1.54) is 41.3 Å². The number of alkyl halides is 3. The molecular weight excluding hydrogens is 388 g/mol. The van der Waals surface area contributed by atoms with Crippen LogP contribution in [0, 0.1) is 5.82 Å². The lowest BCUT2D eigenvalue weighted by molar-refractivity contribution is -0.137. The average molecular weight is 402 g/mol. The highest BCUT2D eigenvalue weighted by molar-refractivity contribution is 6.08. The summed E-state index contributed by atoms with van der Waals surface area (Å²) >= 11 is 0. The van der Waals surface area contributed by atoms with E-state index in [4.69, 9.17) is 0 Å². The number of nitrogens with one attached hydrogen (secondary N) is 2. The second kappa shape index (κ2) is 7.08. The molecule has 29 heavy (non-hydrogen) atoms. The number of hydrogen-bond acceptors (Lipinski definition) is 2. The minimum atomic E-state index is -4.39. The number of benzene rings is 2. The summed E-state index contributed by atoms with van der Waals surface area (Å²) in [5.41, 5.74) is 1.24. The standard InChI is InChI=1S/C20H14F4N4O/c21-15-5-6-16-17(7-15)25-9-18(16)27-19(29)13-8-26-28(11-13)10-12-1-3-14(4-2-12)20(22,23)24/h1-9,11,25H,10H2,(H,27,29). The molecule has 0 aliphatic rings. The Bertz CT molecular complexity index is 1180. The molecule has 4 rings (SSSR count). The van der Waals surface area contributed by atoms with Crippen molar-refractivity contribution in [1.29, 1.82) is 0 Å². The zero-order valence-corrected chi connectivity index (χ0v) is 14.8. The van der Waals surface area contributed by atoms with Gasteiger partial charge in [0.25, 0.3) is 5.91 Å². The molecule has 0 atom stereocenters. The number of H-pyrrole nitrogens is 1. The summed E-state index contributed by atoms with van der Waals surface area (Å²) in [7, 11) is 0. The molecule has 0 aliphatic heterocycles. The number of fused-ring (bicyclic) bond motifs is 1. The molecule has 0 bridgehead atoms. The van der Waals surface area contributed by atoms with Crippen molar-refractivity contribution in [2.45, 2.75) is 12.7 Å². The predicted molar refractivity (Wildman–Crippen MR) is 99.0 cm³/mol. The second-order valence-corrected chi connectivity index (χ2v) is 6.47. The second-order valence-electron chi connectivity index (χ2n) is 6.47. The number of carbonyl (C=O) groups is 1. The number of amides is 1. The van der Waals surface area contributed by atoms with Crippen LogP contribution < -0.4 is 5.32 Å². The van der Waals surface area contributed by atoms with Gasteiger partial charge in [-0.15, -0.1) is 0 Å². The lowest BCUT2D eigenvalue weighted by atomic mass is 10.1. The number of nitrogens with zero attached hydrogens (tertiary/aromatic N) is 2. The molecule has 0 radical (unpaired) electrons. The van der Waals surface area contributed by atoms with Crippen molar-refractivity contribution in [2.24, 2.45) is 0 Å². The van der Waals surface area contributed by atoms with Crippen LogP contribution >= 0.6 is 0 Å². The summed E-state index contributed by atoms with van der Waals surface area (Å²) in [6.07, 6.45) is 0.0493.